The van der Waals surface area contributed by atoms with Crippen LogP contribution < -0.4 is 10.6 Å². The van der Waals surface area contributed by atoms with Gasteiger partial charge < -0.3 is 15.4 Å². The van der Waals surface area contributed by atoms with Gasteiger partial charge in [0.15, 0.2) is 0 Å². The highest BCUT2D eigenvalue weighted by molar-refractivity contribution is 5.98. The maximum Gasteiger partial charge on any atom is 0.0951 e. The van der Waals surface area contributed by atoms with Crippen LogP contribution in [-0.4, -0.2) is 31.3 Å². The van der Waals surface area contributed by atoms with Gasteiger partial charge >= 0.3 is 0 Å². The number of nitrogens with two attached hydrogens (primary N) is 1. The lowest BCUT2D eigenvalue weighted by atomic mass is 10.1. The minimum atomic E-state index is 0.493. The van der Waals surface area contributed by atoms with E-state index in [2.05, 4.69) is 35.9 Å². The summed E-state index contributed by atoms with van der Waals surface area (Å²) in [6, 6.07) is 8.55. The van der Waals surface area contributed by atoms with Gasteiger partial charge in [0.05, 0.1) is 17.8 Å². The van der Waals surface area contributed by atoms with Crippen molar-refractivity contribution in [2.24, 2.45) is 0 Å². The Labute approximate surface area is 126 Å². The Morgan fingerprint density at radius 3 is 2.67 bits per heavy atom. The first-order valence-electron chi connectivity index (χ1n) is 7.61. The van der Waals surface area contributed by atoms with Gasteiger partial charge in [-0.1, -0.05) is 26.0 Å². The molecular weight excluding hydrogens is 262 g/mol. The van der Waals surface area contributed by atoms with Crippen molar-refractivity contribution in [3.8, 4) is 0 Å². The lowest BCUT2D eigenvalue weighted by Crippen LogP contribution is -2.37. The summed E-state index contributed by atoms with van der Waals surface area (Å²) in [6.45, 7) is 6.04. The van der Waals surface area contributed by atoms with E-state index >= 15 is 0 Å². The maximum absolute atomic E-state index is 6.06. The molecule has 1 heterocycles. The van der Waals surface area contributed by atoms with Crippen molar-refractivity contribution < 1.29 is 4.74 Å². The summed E-state index contributed by atoms with van der Waals surface area (Å²) in [6.07, 6.45) is 4.05. The third kappa shape index (κ3) is 3.27. The molecule has 2 rings (SSSR count). The Balaban J connectivity index is 2.51. The van der Waals surface area contributed by atoms with Gasteiger partial charge in [0.1, 0.15) is 0 Å². The molecule has 2 N–H and O–H groups in total. The number of hydrogen-bond donors (Lipinski definition) is 1. The van der Waals surface area contributed by atoms with E-state index in [4.69, 9.17) is 10.5 Å². The molecule has 4 nitrogen and oxygen atoms in total. The maximum atomic E-state index is 6.06. The smallest absolute Gasteiger partial charge is 0.0951 e. The molecular formula is C17H25N3O. The number of ether oxygens (including phenoxy) is 1. The third-order valence-corrected chi connectivity index (χ3v) is 4.01. The van der Waals surface area contributed by atoms with Crippen molar-refractivity contribution in [1.29, 1.82) is 0 Å². The molecule has 0 saturated heterocycles. The third-order valence-electron chi connectivity index (χ3n) is 4.01. The van der Waals surface area contributed by atoms with Crippen molar-refractivity contribution in [3.63, 3.8) is 0 Å². The molecule has 0 fully saturated rings. The number of rotatable bonds is 7. The molecule has 4 heteroatoms. The Kier molecular flexibility index (Phi) is 5.39. The van der Waals surface area contributed by atoms with Crippen LogP contribution in [0.3, 0.4) is 0 Å². The van der Waals surface area contributed by atoms with Crippen molar-refractivity contribution in [2.45, 2.75) is 32.7 Å². The summed E-state index contributed by atoms with van der Waals surface area (Å²) < 4.78 is 5.29. The highest BCUT2D eigenvalue weighted by atomic mass is 16.5. The summed E-state index contributed by atoms with van der Waals surface area (Å²) in [5.41, 5.74) is 8.86. The van der Waals surface area contributed by atoms with Gasteiger partial charge in [-0.05, 0) is 25.0 Å². The Bertz CT molecular complexity index is 581. The number of pyridine rings is 1. The summed E-state index contributed by atoms with van der Waals surface area (Å²) >= 11 is 0. The van der Waals surface area contributed by atoms with E-state index in [1.807, 2.05) is 18.3 Å². The zero-order valence-corrected chi connectivity index (χ0v) is 13.2. The number of methoxy groups -OCH3 is 1. The second kappa shape index (κ2) is 7.27. The van der Waals surface area contributed by atoms with Crippen LogP contribution in [-0.2, 0) is 4.74 Å². The van der Waals surface area contributed by atoms with Crippen LogP contribution in [0.25, 0.3) is 10.9 Å². The molecule has 1 aromatic carbocycles. The van der Waals surface area contributed by atoms with Crippen LogP contribution >= 0.6 is 0 Å². The lowest BCUT2D eigenvalue weighted by molar-refractivity contribution is 0.202. The van der Waals surface area contributed by atoms with Gasteiger partial charge in [0, 0.05) is 37.0 Å². The number of anilines is 2. The van der Waals surface area contributed by atoms with Gasteiger partial charge in [0.2, 0.25) is 0 Å². The Hall–Kier alpha value is -1.81. The summed E-state index contributed by atoms with van der Waals surface area (Å²) in [4.78, 5) is 6.86. The molecule has 1 aromatic heterocycles. The number of hydrogen-bond acceptors (Lipinski definition) is 4. The van der Waals surface area contributed by atoms with Gasteiger partial charge in [-0.3, -0.25) is 4.98 Å². The number of benzene rings is 1. The fraction of sp³-hybridized carbons (Fsp3) is 0.471. The standard InChI is InChI=1S/C17H25N3O/c1-4-13(5-2)20(11-12-21-3)16-9-10-19-17-14(16)7-6-8-15(17)18/h6-10,13H,4-5,11-12,18H2,1-3H3. The zero-order valence-electron chi connectivity index (χ0n) is 13.2. The number of para-hydroxylation sites is 1. The second-order valence-corrected chi connectivity index (χ2v) is 5.23. The molecule has 0 amide bonds. The molecule has 114 valence electrons. The molecule has 0 spiro atoms. The summed E-state index contributed by atoms with van der Waals surface area (Å²) in [5.74, 6) is 0. The van der Waals surface area contributed by atoms with Crippen molar-refractivity contribution >= 4 is 22.3 Å². The molecule has 0 unspecified atom stereocenters. The molecule has 0 saturated carbocycles. The molecule has 0 radical (unpaired) electrons. The van der Waals surface area contributed by atoms with Crippen molar-refractivity contribution in [3.05, 3.63) is 30.5 Å². The average molecular weight is 287 g/mol. The molecule has 2 aromatic rings. The minimum Gasteiger partial charge on any atom is -0.397 e. The average Bonchev–Trinajstić information content (AvgIpc) is 2.52. The van der Waals surface area contributed by atoms with Crippen LogP contribution in [0.15, 0.2) is 30.5 Å². The fourth-order valence-corrected chi connectivity index (χ4v) is 2.85. The quantitative estimate of drug-likeness (QED) is 0.792. The van der Waals surface area contributed by atoms with Gasteiger partial charge in [0.25, 0.3) is 0 Å². The number of nitrogen functional groups attached to an aromatic ring is 1. The van der Waals surface area contributed by atoms with Gasteiger partial charge in [-0.25, -0.2) is 0 Å². The van der Waals surface area contributed by atoms with Crippen LogP contribution in [0.1, 0.15) is 26.7 Å². The molecule has 0 bridgehead atoms. The molecule has 0 aliphatic rings. The normalized spacial score (nSPS) is 11.2. The molecule has 0 aliphatic heterocycles. The number of aromatic nitrogens is 1. The first-order chi connectivity index (χ1) is 10.2. The lowest BCUT2D eigenvalue weighted by Gasteiger charge is -2.33. The van der Waals surface area contributed by atoms with E-state index in [0.717, 1.165) is 36.0 Å². The Morgan fingerprint density at radius 2 is 2.00 bits per heavy atom. The monoisotopic (exact) mass is 287 g/mol. The van der Waals surface area contributed by atoms with E-state index in [0.29, 0.717) is 12.6 Å². The summed E-state index contributed by atoms with van der Waals surface area (Å²) in [7, 11) is 1.74. The molecule has 21 heavy (non-hydrogen) atoms. The predicted molar refractivity (Wildman–Crippen MR) is 89.7 cm³/mol. The SMILES string of the molecule is CCC(CC)N(CCOC)c1ccnc2c(N)cccc12. The number of fused-ring (bicyclic) bond motifs is 1. The highest BCUT2D eigenvalue weighted by Crippen LogP contribution is 2.30. The van der Waals surface area contributed by atoms with E-state index in [9.17, 15) is 0 Å². The first-order valence-corrected chi connectivity index (χ1v) is 7.61. The van der Waals surface area contributed by atoms with Crippen LogP contribution in [0.5, 0.6) is 0 Å². The van der Waals surface area contributed by atoms with Crippen LogP contribution in [0.4, 0.5) is 11.4 Å². The predicted octanol–water partition coefficient (Wildman–Crippen LogP) is 3.46. The van der Waals surface area contributed by atoms with Gasteiger partial charge in [-0.2, -0.15) is 0 Å². The second-order valence-electron chi connectivity index (χ2n) is 5.23. The van der Waals surface area contributed by atoms with Gasteiger partial charge in [-0.15, -0.1) is 0 Å². The van der Waals surface area contributed by atoms with E-state index < -0.39 is 0 Å². The van der Waals surface area contributed by atoms with Crippen LogP contribution in [0.2, 0.25) is 0 Å². The van der Waals surface area contributed by atoms with Crippen LogP contribution in [0, 0.1) is 0 Å². The highest BCUT2D eigenvalue weighted by Gasteiger charge is 2.18. The largest absolute Gasteiger partial charge is 0.397 e. The minimum absolute atomic E-state index is 0.493. The molecule has 0 atom stereocenters. The Morgan fingerprint density at radius 1 is 1.24 bits per heavy atom. The fourth-order valence-electron chi connectivity index (χ4n) is 2.85. The summed E-state index contributed by atoms with van der Waals surface area (Å²) in [5, 5.41) is 1.11. The topological polar surface area (TPSA) is 51.4 Å². The van der Waals surface area contributed by atoms with E-state index in [1.54, 1.807) is 7.11 Å². The molecule has 0 aliphatic carbocycles. The van der Waals surface area contributed by atoms with Crippen molar-refractivity contribution in [2.75, 3.05) is 30.9 Å². The van der Waals surface area contributed by atoms with Crippen molar-refractivity contribution in [1.82, 2.24) is 4.98 Å². The number of nitrogens with zero attached hydrogens (tertiary/aromatic N) is 2. The van der Waals surface area contributed by atoms with E-state index in [1.165, 1.54) is 5.69 Å². The zero-order chi connectivity index (χ0) is 15.2. The first kappa shape index (κ1) is 15.6. The van der Waals surface area contributed by atoms with E-state index in [-0.39, 0.29) is 0 Å².